The number of rotatable bonds is 2. The minimum Gasteiger partial charge on any atom is -0.364 e. The minimum atomic E-state index is -0.526. The summed E-state index contributed by atoms with van der Waals surface area (Å²) in [5.41, 5.74) is 7.66. The highest BCUT2D eigenvalue weighted by Crippen LogP contribution is 2.15. The summed E-state index contributed by atoms with van der Waals surface area (Å²) in [6.45, 7) is 1.75. The highest BCUT2D eigenvalue weighted by Gasteiger charge is 2.15. The summed E-state index contributed by atoms with van der Waals surface area (Å²) in [4.78, 5) is 26.7. The molecule has 0 radical (unpaired) electrons. The summed E-state index contributed by atoms with van der Waals surface area (Å²) in [5, 5.41) is 0. The topological polar surface area (TPSA) is 77.4 Å². The van der Waals surface area contributed by atoms with Crippen molar-refractivity contribution in [2.45, 2.75) is 13.3 Å². The molecule has 1 aromatic heterocycles. The summed E-state index contributed by atoms with van der Waals surface area (Å²) < 4.78 is 1.51. The summed E-state index contributed by atoms with van der Waals surface area (Å²) in [6, 6.07) is 1.78. The fourth-order valence-electron chi connectivity index (χ4n) is 1.80. The molecule has 1 aliphatic heterocycles. The molecule has 0 unspecified atom stereocenters. The third kappa shape index (κ3) is 2.04. The van der Waals surface area contributed by atoms with Gasteiger partial charge in [0.15, 0.2) is 0 Å². The van der Waals surface area contributed by atoms with E-state index in [1.165, 1.54) is 4.57 Å². The van der Waals surface area contributed by atoms with Gasteiger partial charge in [-0.25, -0.2) is 4.99 Å². The van der Waals surface area contributed by atoms with Crippen molar-refractivity contribution in [2.75, 3.05) is 0 Å². The molecule has 0 bridgehead atoms. The third-order valence-corrected chi connectivity index (χ3v) is 2.69. The average Bonchev–Trinajstić information content (AvgIpc) is 2.74. The van der Waals surface area contributed by atoms with E-state index in [1.54, 1.807) is 32.3 Å². The van der Waals surface area contributed by atoms with Gasteiger partial charge in [0.05, 0.1) is 5.71 Å². The summed E-state index contributed by atoms with van der Waals surface area (Å²) in [5.74, 6) is -0.526. The Hall–Kier alpha value is -2.17. The lowest BCUT2D eigenvalue weighted by Crippen LogP contribution is -2.20. The Kier molecular flexibility index (Phi) is 2.67. The molecular formula is C12H13N3O2. The number of hydrogen-bond acceptors (Lipinski definition) is 3. The van der Waals surface area contributed by atoms with E-state index in [0.29, 0.717) is 12.0 Å². The predicted octanol–water partition coefficient (Wildman–Crippen LogP) is 0.256. The number of amides is 1. The molecule has 0 fully saturated rings. The highest BCUT2D eigenvalue weighted by atomic mass is 16.1. The lowest BCUT2D eigenvalue weighted by Gasteiger charge is -2.05. The molecule has 0 atom stereocenters. The van der Waals surface area contributed by atoms with Gasteiger partial charge in [0, 0.05) is 30.8 Å². The fourth-order valence-corrected chi connectivity index (χ4v) is 1.80. The Morgan fingerprint density at radius 1 is 1.53 bits per heavy atom. The molecule has 2 heterocycles. The van der Waals surface area contributed by atoms with Crippen LogP contribution in [0.2, 0.25) is 0 Å². The van der Waals surface area contributed by atoms with Gasteiger partial charge in [-0.2, -0.15) is 0 Å². The first-order chi connectivity index (χ1) is 7.99. The zero-order valence-electron chi connectivity index (χ0n) is 9.73. The average molecular weight is 231 g/mol. The molecule has 2 N–H and O–H groups in total. The van der Waals surface area contributed by atoms with Crippen LogP contribution >= 0.6 is 0 Å². The van der Waals surface area contributed by atoms with Crippen LogP contribution in [0, 0.1) is 6.92 Å². The summed E-state index contributed by atoms with van der Waals surface area (Å²) in [7, 11) is 1.69. The van der Waals surface area contributed by atoms with E-state index < -0.39 is 5.91 Å². The monoisotopic (exact) mass is 231 g/mol. The van der Waals surface area contributed by atoms with Crippen LogP contribution in [0.1, 0.15) is 17.5 Å². The van der Waals surface area contributed by atoms with Crippen LogP contribution in [0.25, 0.3) is 0 Å². The lowest BCUT2D eigenvalue weighted by molar-refractivity contribution is -0.114. The van der Waals surface area contributed by atoms with Crippen molar-refractivity contribution in [3.05, 3.63) is 45.5 Å². The second kappa shape index (κ2) is 4.01. The number of pyridine rings is 1. The zero-order chi connectivity index (χ0) is 12.6. The highest BCUT2D eigenvalue weighted by molar-refractivity contribution is 6.08. The van der Waals surface area contributed by atoms with Gasteiger partial charge in [0.2, 0.25) is 0 Å². The van der Waals surface area contributed by atoms with Crippen LogP contribution in [0.15, 0.2) is 33.8 Å². The Morgan fingerprint density at radius 3 is 2.76 bits per heavy atom. The SMILES string of the molecule is Cc1cc(C2=NC(C(N)=O)=CC2)cn(C)c1=O. The Balaban J connectivity index is 2.42. The normalized spacial score (nSPS) is 14.5. The predicted molar refractivity (Wildman–Crippen MR) is 64.9 cm³/mol. The molecular weight excluding hydrogens is 218 g/mol. The molecule has 1 aliphatic rings. The number of aryl methyl sites for hydroxylation is 2. The number of primary amides is 1. The number of allylic oxidation sites excluding steroid dienone is 1. The van der Waals surface area contributed by atoms with Gasteiger partial charge >= 0.3 is 0 Å². The molecule has 0 saturated carbocycles. The zero-order valence-corrected chi connectivity index (χ0v) is 9.73. The van der Waals surface area contributed by atoms with Crippen LogP contribution in [-0.2, 0) is 11.8 Å². The molecule has 0 aliphatic carbocycles. The molecule has 5 heteroatoms. The van der Waals surface area contributed by atoms with Gasteiger partial charge in [0.1, 0.15) is 5.70 Å². The van der Waals surface area contributed by atoms with E-state index in [9.17, 15) is 9.59 Å². The first kappa shape index (κ1) is 11.3. The Bertz CT molecular complexity index is 582. The number of nitrogens with two attached hydrogens (primary N) is 1. The number of aromatic nitrogens is 1. The van der Waals surface area contributed by atoms with Gasteiger partial charge < -0.3 is 10.3 Å². The molecule has 88 valence electrons. The minimum absolute atomic E-state index is 0.0320. The van der Waals surface area contributed by atoms with E-state index >= 15 is 0 Å². The molecule has 17 heavy (non-hydrogen) atoms. The fraction of sp³-hybridized carbons (Fsp3) is 0.250. The summed E-state index contributed by atoms with van der Waals surface area (Å²) in [6.07, 6.45) is 3.97. The quantitative estimate of drug-likeness (QED) is 0.792. The molecule has 0 spiro atoms. The van der Waals surface area contributed by atoms with Gasteiger partial charge in [-0.05, 0) is 19.1 Å². The smallest absolute Gasteiger partial charge is 0.266 e. The maximum absolute atomic E-state index is 11.5. The third-order valence-electron chi connectivity index (χ3n) is 2.69. The molecule has 1 amide bonds. The van der Waals surface area contributed by atoms with Crippen LogP contribution in [-0.4, -0.2) is 16.2 Å². The van der Waals surface area contributed by atoms with Gasteiger partial charge in [-0.15, -0.1) is 0 Å². The summed E-state index contributed by atoms with van der Waals surface area (Å²) >= 11 is 0. The van der Waals surface area contributed by atoms with Gasteiger partial charge in [-0.3, -0.25) is 9.59 Å². The maximum Gasteiger partial charge on any atom is 0.266 e. The van der Waals surface area contributed by atoms with E-state index in [1.807, 2.05) is 0 Å². The number of hydrogen-bond donors (Lipinski definition) is 1. The molecule has 5 nitrogen and oxygen atoms in total. The van der Waals surface area contributed by atoms with Crippen LogP contribution in [0.5, 0.6) is 0 Å². The van der Waals surface area contributed by atoms with E-state index in [-0.39, 0.29) is 11.3 Å². The lowest BCUT2D eigenvalue weighted by atomic mass is 10.1. The van der Waals surface area contributed by atoms with Crippen molar-refractivity contribution in [1.82, 2.24) is 4.57 Å². The van der Waals surface area contributed by atoms with Gasteiger partial charge in [0.25, 0.3) is 11.5 Å². The Morgan fingerprint density at radius 2 is 2.24 bits per heavy atom. The van der Waals surface area contributed by atoms with Crippen molar-refractivity contribution in [1.29, 1.82) is 0 Å². The van der Waals surface area contributed by atoms with E-state index in [4.69, 9.17) is 5.73 Å². The van der Waals surface area contributed by atoms with Crippen molar-refractivity contribution >= 4 is 11.6 Å². The molecule has 2 rings (SSSR count). The maximum atomic E-state index is 11.5. The van der Waals surface area contributed by atoms with E-state index in [0.717, 1.165) is 11.3 Å². The second-order valence-electron chi connectivity index (χ2n) is 4.04. The van der Waals surface area contributed by atoms with Crippen molar-refractivity contribution in [2.24, 2.45) is 17.8 Å². The second-order valence-corrected chi connectivity index (χ2v) is 4.04. The van der Waals surface area contributed by atoms with Crippen LogP contribution in [0.3, 0.4) is 0 Å². The van der Waals surface area contributed by atoms with Crippen molar-refractivity contribution < 1.29 is 4.79 Å². The van der Waals surface area contributed by atoms with Crippen LogP contribution in [0.4, 0.5) is 0 Å². The number of carbonyl (C=O) groups excluding carboxylic acids is 1. The molecule has 0 aromatic carbocycles. The number of carbonyl (C=O) groups is 1. The van der Waals surface area contributed by atoms with Crippen molar-refractivity contribution in [3.8, 4) is 0 Å². The van der Waals surface area contributed by atoms with Crippen LogP contribution < -0.4 is 11.3 Å². The first-order valence-corrected chi connectivity index (χ1v) is 5.24. The van der Waals surface area contributed by atoms with Crippen molar-refractivity contribution in [3.63, 3.8) is 0 Å². The molecule has 0 saturated heterocycles. The van der Waals surface area contributed by atoms with E-state index in [2.05, 4.69) is 4.99 Å². The van der Waals surface area contributed by atoms with Gasteiger partial charge in [-0.1, -0.05) is 0 Å². The first-order valence-electron chi connectivity index (χ1n) is 5.24. The Labute approximate surface area is 98.3 Å². The number of aliphatic imine (C=N–C) groups is 1. The standard InChI is InChI=1S/C12H13N3O2/c1-7-5-8(6-15(2)12(7)17)9-3-4-10(14-9)11(13)16/h4-6H,3H2,1-2H3,(H2,13,16). The number of nitrogens with zero attached hydrogens (tertiary/aromatic N) is 2. The largest absolute Gasteiger partial charge is 0.364 e. The molecule has 1 aromatic rings.